The van der Waals surface area contributed by atoms with Crippen LogP contribution < -0.4 is 5.32 Å². The van der Waals surface area contributed by atoms with Gasteiger partial charge in [0.25, 0.3) is 0 Å². The molecule has 1 aliphatic carbocycles. The third-order valence-electron chi connectivity index (χ3n) is 4.60. The van der Waals surface area contributed by atoms with Crippen LogP contribution in [0.1, 0.15) is 50.5 Å². The number of allylic oxidation sites excluding steroid dienone is 1. The van der Waals surface area contributed by atoms with E-state index < -0.39 is 5.92 Å². The minimum Gasteiger partial charge on any atom is -0.459 e. The molecule has 6 heteroatoms. The van der Waals surface area contributed by atoms with E-state index in [2.05, 4.69) is 5.32 Å². The van der Waals surface area contributed by atoms with Gasteiger partial charge in [0.05, 0.1) is 5.57 Å². The third kappa shape index (κ3) is 3.60. The van der Waals surface area contributed by atoms with Crippen LogP contribution in [0.5, 0.6) is 0 Å². The largest absolute Gasteiger partial charge is 0.459 e. The Labute approximate surface area is 151 Å². The Kier molecular flexibility index (Phi) is 5.16. The number of hydrogen-bond acceptors (Lipinski definition) is 3. The van der Waals surface area contributed by atoms with E-state index in [1.807, 2.05) is 0 Å². The second-order valence-electron chi connectivity index (χ2n) is 6.32. The molecule has 24 heavy (non-hydrogen) atoms. The smallest absolute Gasteiger partial charge is 0.336 e. The molecule has 3 rings (SSSR count). The number of rotatable bonds is 3. The molecule has 1 saturated carbocycles. The van der Waals surface area contributed by atoms with E-state index in [9.17, 15) is 9.59 Å². The first-order chi connectivity index (χ1) is 11.5. The maximum Gasteiger partial charge on any atom is 0.336 e. The van der Waals surface area contributed by atoms with E-state index in [4.69, 9.17) is 27.9 Å². The number of halogens is 2. The van der Waals surface area contributed by atoms with E-state index in [1.54, 1.807) is 25.1 Å². The molecule has 4 nitrogen and oxygen atoms in total. The molecule has 1 heterocycles. The molecule has 0 saturated heterocycles. The van der Waals surface area contributed by atoms with Gasteiger partial charge >= 0.3 is 5.97 Å². The lowest BCUT2D eigenvalue weighted by molar-refractivity contribution is -0.144. The first kappa shape index (κ1) is 17.3. The monoisotopic (exact) mass is 367 g/mol. The molecule has 2 aliphatic rings. The fraction of sp³-hybridized carbons (Fsp3) is 0.444. The molecule has 1 atom stereocenters. The van der Waals surface area contributed by atoms with Crippen LogP contribution in [0.15, 0.2) is 29.5 Å². The zero-order valence-corrected chi connectivity index (χ0v) is 14.9. The van der Waals surface area contributed by atoms with E-state index >= 15 is 0 Å². The Morgan fingerprint density at radius 2 is 1.96 bits per heavy atom. The van der Waals surface area contributed by atoms with Crippen molar-refractivity contribution in [2.45, 2.75) is 51.0 Å². The number of esters is 1. The minimum atomic E-state index is -0.419. The molecule has 0 unspecified atom stereocenters. The first-order valence-corrected chi connectivity index (χ1v) is 8.88. The molecule has 1 N–H and O–H groups in total. The predicted molar refractivity (Wildman–Crippen MR) is 93.0 cm³/mol. The summed E-state index contributed by atoms with van der Waals surface area (Å²) in [5.41, 5.74) is 1.73. The Bertz CT molecular complexity index is 708. The maximum atomic E-state index is 12.7. The average molecular weight is 368 g/mol. The number of carbonyl (C=O) groups is 2. The molecule has 128 valence electrons. The average Bonchev–Trinajstić information content (AvgIpc) is 2.99. The van der Waals surface area contributed by atoms with Gasteiger partial charge in [-0.05, 0) is 50.3 Å². The van der Waals surface area contributed by atoms with Crippen molar-refractivity contribution in [1.82, 2.24) is 5.32 Å². The molecule has 1 amide bonds. The second kappa shape index (κ2) is 7.16. The lowest BCUT2D eigenvalue weighted by atomic mass is 9.84. The summed E-state index contributed by atoms with van der Waals surface area (Å²) >= 11 is 12.3. The maximum absolute atomic E-state index is 12.7. The summed E-state index contributed by atoms with van der Waals surface area (Å²) in [5, 5.41) is 3.70. The highest BCUT2D eigenvalue weighted by Gasteiger charge is 2.35. The number of nitrogens with one attached hydrogen (secondary N) is 1. The van der Waals surface area contributed by atoms with Gasteiger partial charge in [-0.25, -0.2) is 4.79 Å². The fourth-order valence-electron chi connectivity index (χ4n) is 3.44. The zero-order valence-electron chi connectivity index (χ0n) is 13.4. The van der Waals surface area contributed by atoms with Crippen LogP contribution in [-0.4, -0.2) is 18.0 Å². The van der Waals surface area contributed by atoms with E-state index in [-0.39, 0.29) is 24.4 Å². The number of ether oxygens (including phenoxy) is 1. The summed E-state index contributed by atoms with van der Waals surface area (Å²) in [6.07, 6.45) is 4.09. The van der Waals surface area contributed by atoms with Crippen LogP contribution in [0.4, 0.5) is 0 Å². The topological polar surface area (TPSA) is 55.4 Å². The molecule has 0 radical (unpaired) electrons. The molecule has 1 aromatic carbocycles. The predicted octanol–water partition coefficient (Wildman–Crippen LogP) is 4.36. The van der Waals surface area contributed by atoms with Crippen molar-refractivity contribution in [1.29, 1.82) is 0 Å². The summed E-state index contributed by atoms with van der Waals surface area (Å²) in [7, 11) is 0. The van der Waals surface area contributed by atoms with Crippen LogP contribution in [-0.2, 0) is 14.3 Å². The molecule has 0 aromatic heterocycles. The highest BCUT2D eigenvalue weighted by atomic mass is 35.5. The van der Waals surface area contributed by atoms with Gasteiger partial charge < -0.3 is 10.1 Å². The quantitative estimate of drug-likeness (QED) is 0.807. The summed E-state index contributed by atoms with van der Waals surface area (Å²) in [4.78, 5) is 24.7. The molecule has 0 bridgehead atoms. The summed E-state index contributed by atoms with van der Waals surface area (Å²) in [6, 6.07) is 5.11. The normalized spacial score (nSPS) is 21.8. The van der Waals surface area contributed by atoms with Gasteiger partial charge in [0.1, 0.15) is 6.10 Å². The molecular weight excluding hydrogens is 349 g/mol. The van der Waals surface area contributed by atoms with Gasteiger partial charge in [-0.2, -0.15) is 0 Å². The van der Waals surface area contributed by atoms with Crippen molar-refractivity contribution in [2.75, 3.05) is 0 Å². The highest BCUT2D eigenvalue weighted by molar-refractivity contribution is 6.35. The Balaban J connectivity index is 1.93. The van der Waals surface area contributed by atoms with E-state index in [1.165, 1.54) is 0 Å². The minimum absolute atomic E-state index is 0.0308. The zero-order chi connectivity index (χ0) is 17.3. The lowest BCUT2D eigenvalue weighted by Crippen LogP contribution is -2.35. The van der Waals surface area contributed by atoms with E-state index in [0.717, 1.165) is 25.7 Å². The number of amides is 1. The van der Waals surface area contributed by atoms with Crippen molar-refractivity contribution in [3.05, 3.63) is 45.1 Å². The van der Waals surface area contributed by atoms with Crippen LogP contribution in [0.25, 0.3) is 0 Å². The van der Waals surface area contributed by atoms with Crippen molar-refractivity contribution in [3.8, 4) is 0 Å². The molecule has 1 fully saturated rings. The molecular formula is C18H19Cl2NO3. The van der Waals surface area contributed by atoms with Crippen LogP contribution in [0, 0.1) is 0 Å². The highest BCUT2D eigenvalue weighted by Crippen LogP contribution is 2.38. The Morgan fingerprint density at radius 3 is 2.62 bits per heavy atom. The van der Waals surface area contributed by atoms with Gasteiger partial charge in [0.2, 0.25) is 5.91 Å². The Hall–Kier alpha value is -1.52. The van der Waals surface area contributed by atoms with Gasteiger partial charge in [0.15, 0.2) is 0 Å². The summed E-state index contributed by atoms with van der Waals surface area (Å²) < 4.78 is 5.65. The Morgan fingerprint density at radius 1 is 1.25 bits per heavy atom. The summed E-state index contributed by atoms with van der Waals surface area (Å²) in [6.45, 7) is 1.72. The second-order valence-corrected chi connectivity index (χ2v) is 7.16. The van der Waals surface area contributed by atoms with Crippen LogP contribution in [0.2, 0.25) is 10.0 Å². The van der Waals surface area contributed by atoms with Gasteiger partial charge in [-0.15, -0.1) is 0 Å². The van der Waals surface area contributed by atoms with Gasteiger partial charge in [-0.3, -0.25) is 4.79 Å². The van der Waals surface area contributed by atoms with Crippen LogP contribution in [0.3, 0.4) is 0 Å². The van der Waals surface area contributed by atoms with Crippen molar-refractivity contribution >= 4 is 35.1 Å². The molecule has 1 aromatic rings. The molecule has 0 spiro atoms. The SMILES string of the molecule is CC1=C(C(=O)OC2CCCC2)[C@@H](c2ccc(Cl)cc2Cl)CC(=O)N1. The van der Waals surface area contributed by atoms with Gasteiger partial charge in [-0.1, -0.05) is 29.3 Å². The number of carbonyl (C=O) groups excluding carboxylic acids is 2. The first-order valence-electron chi connectivity index (χ1n) is 8.12. The lowest BCUT2D eigenvalue weighted by Gasteiger charge is -2.28. The van der Waals surface area contributed by atoms with Crippen molar-refractivity contribution in [3.63, 3.8) is 0 Å². The number of benzene rings is 1. The molecule has 1 aliphatic heterocycles. The summed E-state index contributed by atoms with van der Waals surface area (Å²) in [5.74, 6) is -0.922. The van der Waals surface area contributed by atoms with Crippen molar-refractivity contribution < 1.29 is 14.3 Å². The standard InChI is InChI=1S/C18H19Cl2NO3/c1-10-17(18(23)24-12-4-2-3-5-12)14(9-16(22)21-10)13-7-6-11(19)8-15(13)20/h6-8,12,14H,2-5,9H2,1H3,(H,21,22)/t14-/m1/s1. The fourth-order valence-corrected chi connectivity index (χ4v) is 3.98. The number of hydrogen-bond donors (Lipinski definition) is 1. The third-order valence-corrected chi connectivity index (χ3v) is 5.17. The van der Waals surface area contributed by atoms with E-state index in [0.29, 0.717) is 26.9 Å². The van der Waals surface area contributed by atoms with Crippen molar-refractivity contribution in [2.24, 2.45) is 0 Å². The van der Waals surface area contributed by atoms with Gasteiger partial charge in [0, 0.05) is 28.1 Å². The van der Waals surface area contributed by atoms with Crippen LogP contribution >= 0.6 is 23.2 Å².